The van der Waals surface area contributed by atoms with Gasteiger partial charge in [-0.25, -0.2) is 17.5 Å². The van der Waals surface area contributed by atoms with E-state index in [-0.39, 0.29) is 18.0 Å². The fourth-order valence-corrected chi connectivity index (χ4v) is 3.31. The number of rotatable bonds is 6. The van der Waals surface area contributed by atoms with Crippen LogP contribution in [0.15, 0.2) is 71.6 Å². The molecule has 0 bridgehead atoms. The van der Waals surface area contributed by atoms with Gasteiger partial charge in [0.05, 0.1) is 4.90 Å². The molecule has 24 heavy (non-hydrogen) atoms. The zero-order valence-electron chi connectivity index (χ0n) is 12.8. The van der Waals surface area contributed by atoms with E-state index in [4.69, 9.17) is 4.74 Å². The van der Waals surface area contributed by atoms with Crippen LogP contribution in [0.5, 0.6) is 5.75 Å². The number of nitrogens with one attached hydrogen (secondary N) is 1. The largest absolute Gasteiger partial charge is 0.492 e. The molecule has 0 aliphatic carbocycles. The maximum atomic E-state index is 12.8. The van der Waals surface area contributed by atoms with Crippen molar-refractivity contribution in [3.63, 3.8) is 0 Å². The Balaban J connectivity index is 1.56. The molecule has 0 fully saturated rings. The second-order valence-corrected chi connectivity index (χ2v) is 6.98. The van der Waals surface area contributed by atoms with Crippen molar-refractivity contribution in [3.05, 3.63) is 72.5 Å². The molecule has 3 aromatic carbocycles. The highest BCUT2D eigenvalue weighted by Gasteiger charge is 2.13. The Kier molecular flexibility index (Phi) is 4.78. The second kappa shape index (κ2) is 6.98. The van der Waals surface area contributed by atoms with Gasteiger partial charge >= 0.3 is 0 Å². The summed E-state index contributed by atoms with van der Waals surface area (Å²) in [6.07, 6.45) is 0. The summed E-state index contributed by atoms with van der Waals surface area (Å²) in [4.78, 5) is 0.0228. The van der Waals surface area contributed by atoms with Crippen LogP contribution < -0.4 is 9.46 Å². The monoisotopic (exact) mass is 345 g/mol. The highest BCUT2D eigenvalue weighted by molar-refractivity contribution is 7.89. The molecule has 4 nitrogen and oxygen atoms in total. The molecule has 0 radical (unpaired) electrons. The van der Waals surface area contributed by atoms with Gasteiger partial charge in [-0.3, -0.25) is 0 Å². The van der Waals surface area contributed by atoms with Gasteiger partial charge in [-0.05, 0) is 47.2 Å². The quantitative estimate of drug-likeness (QED) is 0.697. The Morgan fingerprint density at radius 1 is 0.917 bits per heavy atom. The Morgan fingerprint density at radius 3 is 2.38 bits per heavy atom. The van der Waals surface area contributed by atoms with Crippen LogP contribution in [0.3, 0.4) is 0 Å². The van der Waals surface area contributed by atoms with Crippen LogP contribution in [0.4, 0.5) is 4.39 Å². The SMILES string of the molecule is O=S(=O)(NCCOc1ccc2ccccc2c1)c1ccc(F)cc1. The number of halogens is 1. The van der Waals surface area contributed by atoms with Gasteiger partial charge in [-0.1, -0.05) is 30.3 Å². The molecule has 0 unspecified atom stereocenters. The Labute approximate surface area is 139 Å². The van der Waals surface area contributed by atoms with Crippen LogP contribution in [0.2, 0.25) is 0 Å². The lowest BCUT2D eigenvalue weighted by molar-refractivity contribution is 0.323. The molecule has 0 atom stereocenters. The number of hydrogen-bond acceptors (Lipinski definition) is 3. The third-order valence-electron chi connectivity index (χ3n) is 3.51. The first kappa shape index (κ1) is 16.4. The Hall–Kier alpha value is -2.44. The molecular weight excluding hydrogens is 329 g/mol. The van der Waals surface area contributed by atoms with Crippen LogP contribution in [0, 0.1) is 5.82 Å². The van der Waals surface area contributed by atoms with Crippen molar-refractivity contribution < 1.29 is 17.5 Å². The number of benzene rings is 3. The summed E-state index contributed by atoms with van der Waals surface area (Å²) in [6, 6.07) is 18.3. The fourth-order valence-electron chi connectivity index (χ4n) is 2.30. The van der Waals surface area contributed by atoms with Crippen molar-refractivity contribution in [1.82, 2.24) is 4.72 Å². The van der Waals surface area contributed by atoms with Crippen LogP contribution >= 0.6 is 0 Å². The summed E-state index contributed by atoms with van der Waals surface area (Å²) >= 11 is 0. The minimum absolute atomic E-state index is 0.0228. The molecule has 1 N–H and O–H groups in total. The molecule has 0 aromatic heterocycles. The summed E-state index contributed by atoms with van der Waals surface area (Å²) in [7, 11) is -3.66. The third-order valence-corrected chi connectivity index (χ3v) is 4.98. The molecule has 0 aliphatic heterocycles. The normalized spacial score (nSPS) is 11.5. The first-order valence-corrected chi connectivity index (χ1v) is 8.90. The van der Waals surface area contributed by atoms with Gasteiger partial charge < -0.3 is 4.74 Å². The highest BCUT2D eigenvalue weighted by atomic mass is 32.2. The fraction of sp³-hybridized carbons (Fsp3) is 0.111. The molecular formula is C18H16FNO3S. The van der Waals surface area contributed by atoms with Crippen molar-refractivity contribution in [1.29, 1.82) is 0 Å². The zero-order valence-corrected chi connectivity index (χ0v) is 13.6. The minimum atomic E-state index is -3.66. The molecule has 124 valence electrons. The van der Waals surface area contributed by atoms with Crippen LogP contribution in [-0.2, 0) is 10.0 Å². The van der Waals surface area contributed by atoms with Gasteiger partial charge in [0.2, 0.25) is 10.0 Å². The van der Waals surface area contributed by atoms with E-state index in [9.17, 15) is 12.8 Å². The average Bonchev–Trinajstić information content (AvgIpc) is 2.59. The van der Waals surface area contributed by atoms with E-state index < -0.39 is 15.8 Å². The van der Waals surface area contributed by atoms with E-state index >= 15 is 0 Å². The maximum absolute atomic E-state index is 12.8. The summed E-state index contributed by atoms with van der Waals surface area (Å²) in [5.41, 5.74) is 0. The highest BCUT2D eigenvalue weighted by Crippen LogP contribution is 2.20. The summed E-state index contributed by atoms with van der Waals surface area (Å²) in [5, 5.41) is 2.17. The summed E-state index contributed by atoms with van der Waals surface area (Å²) in [6.45, 7) is 0.311. The van der Waals surface area contributed by atoms with Crippen molar-refractivity contribution in [2.75, 3.05) is 13.2 Å². The molecule has 0 saturated carbocycles. The van der Waals surface area contributed by atoms with Crippen molar-refractivity contribution in [2.24, 2.45) is 0 Å². The molecule has 0 heterocycles. The number of hydrogen-bond donors (Lipinski definition) is 1. The first-order valence-electron chi connectivity index (χ1n) is 7.41. The number of ether oxygens (including phenoxy) is 1. The number of sulfonamides is 1. The standard InChI is InChI=1S/C18H16FNO3S/c19-16-6-9-18(10-7-16)24(21,22)20-11-12-23-17-8-5-14-3-1-2-4-15(14)13-17/h1-10,13,20H,11-12H2. The lowest BCUT2D eigenvalue weighted by atomic mass is 10.1. The van der Waals surface area contributed by atoms with E-state index in [0.717, 1.165) is 22.9 Å². The van der Waals surface area contributed by atoms with Crippen molar-refractivity contribution in [3.8, 4) is 5.75 Å². The topological polar surface area (TPSA) is 55.4 Å². The smallest absolute Gasteiger partial charge is 0.240 e. The van der Waals surface area contributed by atoms with E-state index in [1.165, 1.54) is 12.1 Å². The van der Waals surface area contributed by atoms with Gasteiger partial charge in [-0.15, -0.1) is 0 Å². The summed E-state index contributed by atoms with van der Waals surface area (Å²) in [5.74, 6) is 0.197. The van der Waals surface area contributed by atoms with Gasteiger partial charge in [0.1, 0.15) is 18.2 Å². The van der Waals surface area contributed by atoms with E-state index in [0.29, 0.717) is 5.75 Å². The maximum Gasteiger partial charge on any atom is 0.240 e. The van der Waals surface area contributed by atoms with Crippen molar-refractivity contribution >= 4 is 20.8 Å². The summed E-state index contributed by atoms with van der Waals surface area (Å²) < 4.78 is 44.9. The molecule has 0 spiro atoms. The van der Waals surface area contributed by atoms with Gasteiger partial charge in [0.15, 0.2) is 0 Å². The second-order valence-electron chi connectivity index (χ2n) is 5.21. The predicted octanol–water partition coefficient (Wildman–Crippen LogP) is 3.34. The Bertz CT molecular complexity index is 940. The molecule has 0 aliphatic rings. The molecule has 3 aromatic rings. The van der Waals surface area contributed by atoms with Crippen LogP contribution in [-0.4, -0.2) is 21.6 Å². The van der Waals surface area contributed by atoms with E-state index in [1.54, 1.807) is 0 Å². The van der Waals surface area contributed by atoms with E-state index in [1.807, 2.05) is 42.5 Å². The Morgan fingerprint density at radius 2 is 1.62 bits per heavy atom. The molecule has 0 saturated heterocycles. The lowest BCUT2D eigenvalue weighted by Gasteiger charge is -2.09. The van der Waals surface area contributed by atoms with Gasteiger partial charge in [0.25, 0.3) is 0 Å². The van der Waals surface area contributed by atoms with Gasteiger partial charge in [0, 0.05) is 6.54 Å². The zero-order chi connectivity index (χ0) is 17.0. The minimum Gasteiger partial charge on any atom is -0.492 e. The van der Waals surface area contributed by atoms with E-state index in [2.05, 4.69) is 4.72 Å². The lowest BCUT2D eigenvalue weighted by Crippen LogP contribution is -2.28. The van der Waals surface area contributed by atoms with Crippen LogP contribution in [0.25, 0.3) is 10.8 Å². The first-order chi connectivity index (χ1) is 11.5. The number of fused-ring (bicyclic) bond motifs is 1. The van der Waals surface area contributed by atoms with Crippen LogP contribution in [0.1, 0.15) is 0 Å². The van der Waals surface area contributed by atoms with Crippen molar-refractivity contribution in [2.45, 2.75) is 4.90 Å². The average molecular weight is 345 g/mol. The molecule has 0 amide bonds. The van der Waals surface area contributed by atoms with Gasteiger partial charge in [-0.2, -0.15) is 0 Å². The molecule has 3 rings (SSSR count). The predicted molar refractivity (Wildman–Crippen MR) is 91.0 cm³/mol. The third kappa shape index (κ3) is 3.90. The molecule has 6 heteroatoms.